The zero-order valence-electron chi connectivity index (χ0n) is 82.0. The molecule has 118 heavy (non-hydrogen) atoms. The van der Waals surface area contributed by atoms with Gasteiger partial charge in [-0.15, -0.1) is 0 Å². The predicted octanol–water partition coefficient (Wildman–Crippen LogP) is 19.6. The van der Waals surface area contributed by atoms with Crippen molar-refractivity contribution in [2.75, 3.05) is 172 Å². The molecule has 0 aliphatic rings. The van der Waals surface area contributed by atoms with E-state index in [1.807, 2.05) is 111 Å². The van der Waals surface area contributed by atoms with Crippen LogP contribution in [0.2, 0.25) is 0 Å². The Labute approximate surface area is 725 Å². The maximum absolute atomic E-state index is 11.3. The summed E-state index contributed by atoms with van der Waals surface area (Å²) >= 11 is 0. The molecule has 0 aromatic rings. The maximum atomic E-state index is 11.3. The van der Waals surface area contributed by atoms with Gasteiger partial charge in [0.15, 0.2) is 34.7 Å². The summed E-state index contributed by atoms with van der Waals surface area (Å²) in [6.07, 6.45) is 17.0. The minimum Gasteiger partial charge on any atom is -0.393 e. The summed E-state index contributed by atoms with van der Waals surface area (Å²) in [5, 5.41) is 9.71. The van der Waals surface area contributed by atoms with Crippen molar-refractivity contribution in [3.63, 3.8) is 0 Å². The summed E-state index contributed by atoms with van der Waals surface area (Å²) in [7, 11) is 0. The SMILES string of the molecule is CC(C)CCC(C)(C)CCOCCCOCC(=O)C(C)C.CC(C)CCC(O)CCOCCCOCC(=O)C(C)C.CC(C)CCCCCOCCCOCC(=O)C(C)C.CC(C)CCOCCOCCOCC(=O)C(C)C.CC(C)CCO[C@@H](C)[C@H](C)OCCOCC(=O)C(C)C.CC(C)CCO[C@H](C)[C@@H](C)OCCOCC(=O)C(C)C. The van der Waals surface area contributed by atoms with Crippen molar-refractivity contribution in [3.8, 4) is 0 Å². The molecule has 0 radical (unpaired) electrons. The van der Waals surface area contributed by atoms with Gasteiger partial charge in [-0.25, -0.2) is 0 Å². The van der Waals surface area contributed by atoms with Crippen LogP contribution in [0.15, 0.2) is 0 Å². The maximum Gasteiger partial charge on any atom is 0.160 e. The number of ketones is 6. The molecule has 0 amide bonds. The monoisotopic (exact) mass is 1700 g/mol. The van der Waals surface area contributed by atoms with Crippen LogP contribution in [-0.2, 0) is 99.8 Å². The highest BCUT2D eigenvalue weighted by molar-refractivity contribution is 5.83. The first kappa shape index (κ1) is 126. The minimum atomic E-state index is -0.252. The van der Waals surface area contributed by atoms with Crippen LogP contribution in [0.4, 0.5) is 0 Å². The first-order valence-corrected chi connectivity index (χ1v) is 46.1. The Morgan fingerprint density at radius 2 is 0.449 bits per heavy atom. The van der Waals surface area contributed by atoms with Crippen LogP contribution in [0.3, 0.4) is 0 Å². The Bertz CT molecular complexity index is 2150. The summed E-state index contributed by atoms with van der Waals surface area (Å²) in [5.74, 6) is 5.36. The summed E-state index contributed by atoms with van der Waals surface area (Å²) < 4.78 is 81.8. The van der Waals surface area contributed by atoms with Crippen LogP contribution in [0.25, 0.3) is 0 Å². The molecule has 22 heteroatoms. The third-order valence-electron chi connectivity index (χ3n) is 18.9. The van der Waals surface area contributed by atoms with Gasteiger partial charge in [-0.3, -0.25) is 28.8 Å². The van der Waals surface area contributed by atoms with E-state index in [0.717, 1.165) is 122 Å². The lowest BCUT2D eigenvalue weighted by molar-refractivity contribution is -0.128. The number of rotatable bonds is 75. The van der Waals surface area contributed by atoms with Crippen molar-refractivity contribution in [1.29, 1.82) is 0 Å². The Kier molecular flexibility index (Phi) is 93.9. The number of carbonyl (C=O) groups excluding carboxylic acids is 6. The standard InChI is InChI=1S/C18H36O3.3C16H32O4.C16H32O3.C14H28O4/c1-15(2)8-9-18(5,6)10-13-20-11-7-12-21-14-17(19)16(3)4;2*1-12(2)7-8-19-14(5)15(6)20-10-9-18-11-16(17)13(3)4;1-13(2)6-7-15(17)8-11-19-9-5-10-20-12-16(18)14(3)4;1-14(2)9-6-5-7-10-18-11-8-12-19-13-16(17)15(3)4;1-12(2)5-6-16-7-8-17-9-10-18-11-14(15)13(3)4/h15-16H,7-14H2,1-6H3;2*12-15H,7-11H2,1-6H3;13-15,17H,5-12H2,1-4H3;14-15H,5-13H2,1-4H3;12-13H,5-11H2,1-4H3/t;2*14-,15-;;;/m.10.../s1. The van der Waals surface area contributed by atoms with Gasteiger partial charge < -0.3 is 76.2 Å². The van der Waals surface area contributed by atoms with Crippen molar-refractivity contribution >= 4 is 34.7 Å². The fourth-order valence-electron chi connectivity index (χ4n) is 8.97. The zero-order valence-corrected chi connectivity index (χ0v) is 82.0. The van der Waals surface area contributed by atoms with Gasteiger partial charge in [-0.2, -0.15) is 0 Å². The van der Waals surface area contributed by atoms with E-state index >= 15 is 0 Å². The smallest absolute Gasteiger partial charge is 0.160 e. The van der Waals surface area contributed by atoms with E-state index in [1.165, 1.54) is 32.1 Å². The quantitative estimate of drug-likeness (QED) is 0.0555. The summed E-state index contributed by atoms with van der Waals surface area (Å²) in [5.41, 5.74) is 0.366. The van der Waals surface area contributed by atoms with Gasteiger partial charge in [-0.1, -0.05) is 206 Å². The number of unbranched alkanes of at least 4 members (excludes halogenated alkanes) is 2. The average Bonchev–Trinajstić information content (AvgIpc) is 0.931. The average molecular weight is 1700 g/mol. The van der Waals surface area contributed by atoms with Gasteiger partial charge in [0.2, 0.25) is 0 Å². The molecule has 0 aliphatic heterocycles. The predicted molar refractivity (Wildman–Crippen MR) is 482 cm³/mol. The largest absolute Gasteiger partial charge is 0.393 e. The van der Waals surface area contributed by atoms with Crippen molar-refractivity contribution < 1.29 is 105 Å². The molecule has 0 aromatic heterocycles. The van der Waals surface area contributed by atoms with Crippen molar-refractivity contribution in [1.82, 2.24) is 0 Å². The second kappa shape index (κ2) is 87.8. The lowest BCUT2D eigenvalue weighted by Gasteiger charge is -2.25. The van der Waals surface area contributed by atoms with E-state index in [-0.39, 0.29) is 140 Å². The number of Topliss-reactive ketones (excluding diaryl/α,β-unsaturated/α-hetero) is 6. The summed E-state index contributed by atoms with van der Waals surface area (Å²) in [4.78, 5) is 67.8. The summed E-state index contributed by atoms with van der Waals surface area (Å²) in [6.45, 7) is 75.5. The molecule has 22 nitrogen and oxygen atoms in total. The molecule has 0 fully saturated rings. The van der Waals surface area contributed by atoms with Crippen LogP contribution in [-0.4, -0.2) is 242 Å². The Balaban J connectivity index is -0.000000319. The van der Waals surface area contributed by atoms with Gasteiger partial charge in [0.1, 0.15) is 39.6 Å². The fraction of sp³-hybridized carbons (Fsp3) is 0.938. The third-order valence-corrected chi connectivity index (χ3v) is 18.9. The fourth-order valence-corrected chi connectivity index (χ4v) is 8.97. The highest BCUT2D eigenvalue weighted by Crippen LogP contribution is 2.28. The topological polar surface area (TPSA) is 261 Å². The molecule has 708 valence electrons. The number of hydrogen-bond acceptors (Lipinski definition) is 22. The first-order chi connectivity index (χ1) is 55.4. The molecule has 0 aliphatic carbocycles. The van der Waals surface area contributed by atoms with Gasteiger partial charge in [0.05, 0.1) is 83.4 Å². The number of aliphatic hydroxyl groups excluding tert-OH is 1. The van der Waals surface area contributed by atoms with Crippen LogP contribution < -0.4 is 0 Å². The van der Waals surface area contributed by atoms with E-state index in [1.54, 1.807) is 0 Å². The number of carbonyl (C=O) groups is 6. The lowest BCUT2D eigenvalue weighted by atomic mass is 9.83. The molecule has 5 atom stereocenters. The molecule has 0 spiro atoms. The molecule has 0 aromatic carbocycles. The van der Waals surface area contributed by atoms with Crippen LogP contribution in [0, 0.1) is 76.4 Å². The Hall–Kier alpha value is -2.62. The second-order valence-corrected chi connectivity index (χ2v) is 36.5. The number of ether oxygens (including phenoxy) is 15. The molecule has 1 unspecified atom stereocenters. The van der Waals surface area contributed by atoms with Crippen LogP contribution >= 0.6 is 0 Å². The Morgan fingerprint density at radius 1 is 0.212 bits per heavy atom. The van der Waals surface area contributed by atoms with E-state index in [4.69, 9.17) is 71.1 Å². The van der Waals surface area contributed by atoms with Gasteiger partial charge in [0, 0.05) is 115 Å². The lowest BCUT2D eigenvalue weighted by Crippen LogP contribution is -2.28. The molecule has 0 saturated carbocycles. The molecular weight excluding hydrogens is 1510 g/mol. The summed E-state index contributed by atoms with van der Waals surface area (Å²) in [6, 6.07) is 0. The van der Waals surface area contributed by atoms with E-state index in [9.17, 15) is 33.9 Å². The van der Waals surface area contributed by atoms with E-state index < -0.39 is 0 Å². The normalized spacial score (nSPS) is 13.0. The van der Waals surface area contributed by atoms with E-state index in [0.29, 0.717) is 121 Å². The van der Waals surface area contributed by atoms with Crippen LogP contribution in [0.5, 0.6) is 0 Å². The van der Waals surface area contributed by atoms with Crippen LogP contribution in [0.1, 0.15) is 310 Å². The molecule has 0 rings (SSSR count). The second-order valence-electron chi connectivity index (χ2n) is 36.5. The first-order valence-electron chi connectivity index (χ1n) is 46.1. The Morgan fingerprint density at radius 3 is 0.771 bits per heavy atom. The number of hydrogen-bond donors (Lipinski definition) is 1. The minimum absolute atomic E-state index is 0.0317. The number of aliphatic hydroxyl groups is 1. The van der Waals surface area contributed by atoms with Crippen molar-refractivity contribution in [3.05, 3.63) is 0 Å². The van der Waals surface area contributed by atoms with Gasteiger partial charge >= 0.3 is 0 Å². The van der Waals surface area contributed by atoms with E-state index in [2.05, 4.69) is 96.9 Å². The van der Waals surface area contributed by atoms with Gasteiger partial charge in [0.25, 0.3) is 0 Å². The van der Waals surface area contributed by atoms with Crippen molar-refractivity contribution in [2.24, 2.45) is 76.4 Å². The van der Waals surface area contributed by atoms with Gasteiger partial charge in [-0.05, 0) is 146 Å². The third kappa shape index (κ3) is 102. The molecular formula is C96H192O22. The molecule has 0 saturated heterocycles. The highest BCUT2D eigenvalue weighted by atomic mass is 16.6. The highest BCUT2D eigenvalue weighted by Gasteiger charge is 2.20. The zero-order chi connectivity index (χ0) is 91.1. The molecule has 1 N–H and O–H groups in total. The van der Waals surface area contributed by atoms with Crippen molar-refractivity contribution in [2.45, 2.75) is 341 Å². The molecule has 0 bridgehead atoms. The molecule has 0 heterocycles.